The van der Waals surface area contributed by atoms with Crippen LogP contribution in [0.2, 0.25) is 0 Å². The molecule has 1 aliphatic carbocycles. The summed E-state index contributed by atoms with van der Waals surface area (Å²) in [5.41, 5.74) is 4.70. The van der Waals surface area contributed by atoms with E-state index in [-0.39, 0.29) is 12.1 Å². The monoisotopic (exact) mass is 467 g/mol. The molecule has 1 fully saturated rings. The zero-order valence-electron chi connectivity index (χ0n) is 19.9. The van der Waals surface area contributed by atoms with E-state index in [1.165, 1.54) is 18.3 Å². The predicted molar refractivity (Wildman–Crippen MR) is 135 cm³/mol. The zero-order valence-corrected chi connectivity index (χ0v) is 19.9. The van der Waals surface area contributed by atoms with Crippen LogP contribution in [0, 0.1) is 0 Å². The Morgan fingerprint density at radius 3 is 2.66 bits per heavy atom. The summed E-state index contributed by atoms with van der Waals surface area (Å²) >= 11 is 0. The van der Waals surface area contributed by atoms with Crippen molar-refractivity contribution in [3.63, 3.8) is 0 Å². The van der Waals surface area contributed by atoms with Crippen molar-refractivity contribution >= 4 is 22.8 Å². The number of carbonyl (C=O) groups is 1. The highest BCUT2D eigenvalue weighted by Crippen LogP contribution is 2.39. The molecule has 1 aliphatic heterocycles. The molecule has 1 N–H and O–H groups in total. The molecular weight excluding hydrogens is 438 g/mol. The van der Waals surface area contributed by atoms with E-state index in [0.29, 0.717) is 11.5 Å². The third-order valence-corrected chi connectivity index (χ3v) is 7.15. The maximum absolute atomic E-state index is 13.6. The van der Waals surface area contributed by atoms with Gasteiger partial charge in [-0.25, -0.2) is 9.48 Å². The standard InChI is InChI=1S/C28H29N5O2/c1-19-25(27(34)35-21-12-6-3-7-13-21)26(33-28(31-19)29-18-30-33)23-17-32(16-20-10-4-2-5-11-20)24-15-9-8-14-22(23)24/h2,4-5,8-11,14-15,17-18,21,26H,3,6-7,12-13,16H2,1H3,(H,29,30,31). The smallest absolute Gasteiger partial charge is 0.338 e. The van der Waals surface area contributed by atoms with Gasteiger partial charge in [0.2, 0.25) is 5.95 Å². The number of rotatable bonds is 5. The lowest BCUT2D eigenvalue weighted by Crippen LogP contribution is -2.32. The van der Waals surface area contributed by atoms with Crippen molar-refractivity contribution in [3.05, 3.63) is 89.5 Å². The summed E-state index contributed by atoms with van der Waals surface area (Å²) in [6.45, 7) is 2.66. The normalized spacial score (nSPS) is 18.4. The van der Waals surface area contributed by atoms with Crippen LogP contribution >= 0.6 is 0 Å². The Morgan fingerprint density at radius 1 is 1.06 bits per heavy atom. The van der Waals surface area contributed by atoms with E-state index >= 15 is 0 Å². The first-order valence-corrected chi connectivity index (χ1v) is 12.4. The average molecular weight is 468 g/mol. The fraction of sp³-hybridized carbons (Fsp3) is 0.321. The number of carbonyl (C=O) groups excluding carboxylic acids is 1. The third kappa shape index (κ3) is 4.01. The minimum atomic E-state index is -0.424. The number of ether oxygens (including phenoxy) is 1. The molecule has 2 aromatic carbocycles. The van der Waals surface area contributed by atoms with Crippen LogP contribution in [0.1, 0.15) is 56.2 Å². The Hall–Kier alpha value is -3.87. The van der Waals surface area contributed by atoms with Gasteiger partial charge in [0.25, 0.3) is 0 Å². The number of para-hydroxylation sites is 1. The first kappa shape index (κ1) is 21.6. The van der Waals surface area contributed by atoms with Crippen LogP contribution in [0.25, 0.3) is 10.9 Å². The Balaban J connectivity index is 1.45. The van der Waals surface area contributed by atoms with Crippen molar-refractivity contribution in [1.29, 1.82) is 0 Å². The summed E-state index contributed by atoms with van der Waals surface area (Å²) in [5, 5.41) is 8.87. The molecule has 178 valence electrons. The average Bonchev–Trinajstić information content (AvgIpc) is 3.49. The van der Waals surface area contributed by atoms with Gasteiger partial charge in [-0.1, -0.05) is 55.0 Å². The highest BCUT2D eigenvalue weighted by atomic mass is 16.5. The maximum atomic E-state index is 13.6. The van der Waals surface area contributed by atoms with Gasteiger partial charge >= 0.3 is 5.97 Å². The number of aromatic nitrogens is 4. The van der Waals surface area contributed by atoms with Crippen LogP contribution in [0.3, 0.4) is 0 Å². The molecule has 3 heterocycles. The zero-order chi connectivity index (χ0) is 23.8. The summed E-state index contributed by atoms with van der Waals surface area (Å²) in [6, 6.07) is 18.3. The molecule has 1 atom stereocenters. The lowest BCUT2D eigenvalue weighted by atomic mass is 9.94. The highest BCUT2D eigenvalue weighted by Gasteiger charge is 2.37. The van der Waals surface area contributed by atoms with Gasteiger partial charge in [0, 0.05) is 34.9 Å². The summed E-state index contributed by atoms with van der Waals surface area (Å²) in [4.78, 5) is 18.0. The highest BCUT2D eigenvalue weighted by molar-refractivity contribution is 5.95. The SMILES string of the molecule is CC1=C(C(=O)OC2CCCCC2)C(c2cn(Cc3ccccc3)c3ccccc23)n2ncnc2N1. The maximum Gasteiger partial charge on any atom is 0.338 e. The Bertz CT molecular complexity index is 1400. The molecule has 0 saturated heterocycles. The molecule has 0 spiro atoms. The molecule has 4 aromatic rings. The fourth-order valence-corrected chi connectivity index (χ4v) is 5.44. The van der Waals surface area contributed by atoms with E-state index in [2.05, 4.69) is 68.6 Å². The predicted octanol–water partition coefficient (Wildman–Crippen LogP) is 5.45. The number of allylic oxidation sites excluding steroid dienone is 1. The summed E-state index contributed by atoms with van der Waals surface area (Å²) < 4.78 is 10.1. The second-order valence-corrected chi connectivity index (χ2v) is 9.47. The summed E-state index contributed by atoms with van der Waals surface area (Å²) in [5.74, 6) is 0.356. The Labute approximate surface area is 204 Å². The number of nitrogens with zero attached hydrogens (tertiary/aromatic N) is 4. The first-order chi connectivity index (χ1) is 17.2. The summed E-state index contributed by atoms with van der Waals surface area (Å²) in [7, 11) is 0. The lowest BCUT2D eigenvalue weighted by molar-refractivity contribution is -0.146. The number of fused-ring (bicyclic) bond motifs is 2. The van der Waals surface area contributed by atoms with Gasteiger partial charge in [-0.3, -0.25) is 0 Å². The molecule has 35 heavy (non-hydrogen) atoms. The van der Waals surface area contributed by atoms with E-state index in [1.54, 1.807) is 4.68 Å². The molecule has 7 heteroatoms. The van der Waals surface area contributed by atoms with Gasteiger partial charge in [0.15, 0.2) is 0 Å². The number of anilines is 1. The molecule has 1 unspecified atom stereocenters. The van der Waals surface area contributed by atoms with Gasteiger partial charge < -0.3 is 14.6 Å². The van der Waals surface area contributed by atoms with Crippen molar-refractivity contribution in [1.82, 2.24) is 19.3 Å². The van der Waals surface area contributed by atoms with E-state index in [9.17, 15) is 4.79 Å². The molecule has 2 aromatic heterocycles. The largest absolute Gasteiger partial charge is 0.459 e. The van der Waals surface area contributed by atoms with E-state index in [4.69, 9.17) is 4.74 Å². The number of esters is 1. The van der Waals surface area contributed by atoms with Crippen LogP contribution in [0.4, 0.5) is 5.95 Å². The molecule has 6 rings (SSSR count). The van der Waals surface area contributed by atoms with Gasteiger partial charge in [0.05, 0.1) is 5.57 Å². The molecule has 1 saturated carbocycles. The number of nitrogens with one attached hydrogen (secondary N) is 1. The quantitative estimate of drug-likeness (QED) is 0.395. The Kier molecular flexibility index (Phi) is 5.60. The second kappa shape index (κ2) is 9.06. The van der Waals surface area contributed by atoms with Crippen molar-refractivity contribution in [2.75, 3.05) is 5.32 Å². The van der Waals surface area contributed by atoms with Crippen LogP contribution in [-0.4, -0.2) is 31.4 Å². The molecule has 2 aliphatic rings. The minimum Gasteiger partial charge on any atom is -0.459 e. The van der Waals surface area contributed by atoms with Gasteiger partial charge in [-0.05, 0) is 44.2 Å². The van der Waals surface area contributed by atoms with Crippen molar-refractivity contribution < 1.29 is 9.53 Å². The molecule has 7 nitrogen and oxygen atoms in total. The topological polar surface area (TPSA) is 74.0 Å². The molecule has 0 amide bonds. The van der Waals surface area contributed by atoms with Gasteiger partial charge in [0.1, 0.15) is 18.5 Å². The van der Waals surface area contributed by atoms with E-state index in [0.717, 1.165) is 54.4 Å². The van der Waals surface area contributed by atoms with Crippen molar-refractivity contribution in [2.24, 2.45) is 0 Å². The second-order valence-electron chi connectivity index (χ2n) is 9.47. The van der Waals surface area contributed by atoms with Crippen molar-refractivity contribution in [3.8, 4) is 0 Å². The molecular formula is C28H29N5O2. The van der Waals surface area contributed by atoms with Crippen LogP contribution in [-0.2, 0) is 16.1 Å². The van der Waals surface area contributed by atoms with Gasteiger partial charge in [-0.2, -0.15) is 10.1 Å². The van der Waals surface area contributed by atoms with E-state index in [1.807, 2.05) is 19.1 Å². The van der Waals surface area contributed by atoms with Crippen LogP contribution in [0.15, 0.2) is 78.4 Å². The van der Waals surface area contributed by atoms with Crippen LogP contribution in [0.5, 0.6) is 0 Å². The number of benzene rings is 2. The van der Waals surface area contributed by atoms with E-state index < -0.39 is 6.04 Å². The fourth-order valence-electron chi connectivity index (χ4n) is 5.44. The number of hydrogen-bond donors (Lipinski definition) is 1. The molecule has 0 bridgehead atoms. The molecule has 0 radical (unpaired) electrons. The summed E-state index contributed by atoms with van der Waals surface area (Å²) in [6.07, 6.45) is 8.96. The lowest BCUT2D eigenvalue weighted by Gasteiger charge is -2.30. The van der Waals surface area contributed by atoms with Crippen molar-refractivity contribution in [2.45, 2.75) is 57.7 Å². The number of hydrogen-bond acceptors (Lipinski definition) is 5. The Morgan fingerprint density at radius 2 is 1.83 bits per heavy atom. The first-order valence-electron chi connectivity index (χ1n) is 12.4. The minimum absolute atomic E-state index is 0.0197. The van der Waals surface area contributed by atoms with Crippen LogP contribution < -0.4 is 5.32 Å². The van der Waals surface area contributed by atoms with Gasteiger partial charge in [-0.15, -0.1) is 0 Å². The third-order valence-electron chi connectivity index (χ3n) is 7.15.